The van der Waals surface area contributed by atoms with Crippen LogP contribution < -0.4 is 11.1 Å². The van der Waals surface area contributed by atoms with Gasteiger partial charge in [0.25, 0.3) is 0 Å². The number of rotatable bonds is 7. The van der Waals surface area contributed by atoms with Gasteiger partial charge in [-0.25, -0.2) is 9.78 Å². The van der Waals surface area contributed by atoms with Gasteiger partial charge in [-0.15, -0.1) is 0 Å². The Labute approximate surface area is 175 Å². The molecule has 0 radical (unpaired) electrons. The second-order valence-electron chi connectivity index (χ2n) is 7.46. The van der Waals surface area contributed by atoms with E-state index < -0.39 is 5.97 Å². The summed E-state index contributed by atoms with van der Waals surface area (Å²) in [5.41, 5.74) is 8.80. The number of pyridine rings is 1. The number of carboxylic acid groups (broad SMARTS) is 1. The van der Waals surface area contributed by atoms with Crippen LogP contribution in [0.25, 0.3) is 0 Å². The molecule has 0 saturated carbocycles. The van der Waals surface area contributed by atoms with Gasteiger partial charge in [-0.05, 0) is 54.9 Å². The second-order valence-corrected chi connectivity index (χ2v) is 7.46. The molecule has 2 aromatic rings. The lowest BCUT2D eigenvalue weighted by atomic mass is 9.97. The monoisotopic (exact) mass is 409 g/mol. The van der Waals surface area contributed by atoms with Crippen molar-refractivity contribution in [1.29, 1.82) is 5.41 Å². The molecule has 0 unspecified atom stereocenters. The Morgan fingerprint density at radius 2 is 1.83 bits per heavy atom. The maximum atomic E-state index is 12.7. The highest BCUT2D eigenvalue weighted by Gasteiger charge is 2.19. The number of benzene rings is 1. The largest absolute Gasteiger partial charge is 0.481 e. The summed E-state index contributed by atoms with van der Waals surface area (Å²) in [5, 5.41) is 19.6. The summed E-state index contributed by atoms with van der Waals surface area (Å²) in [6, 6.07) is 9.02. The van der Waals surface area contributed by atoms with E-state index in [0.717, 1.165) is 49.0 Å². The molecular formula is C22H27N5O3. The molecule has 2 amide bonds. The Bertz CT molecular complexity index is 921. The Balaban J connectivity index is 1.84. The number of nitrogen functional groups attached to an aromatic ring is 1. The fraction of sp³-hybridized carbons (Fsp3) is 0.364. The molecule has 2 heterocycles. The van der Waals surface area contributed by atoms with E-state index in [2.05, 4.69) is 10.3 Å². The minimum Gasteiger partial charge on any atom is -0.481 e. The highest BCUT2D eigenvalue weighted by molar-refractivity contribution is 5.94. The predicted octanol–water partition coefficient (Wildman–Crippen LogP) is 2.99. The quantitative estimate of drug-likeness (QED) is 0.412. The number of aromatic nitrogens is 1. The van der Waals surface area contributed by atoms with Gasteiger partial charge < -0.3 is 15.7 Å². The van der Waals surface area contributed by atoms with Crippen molar-refractivity contribution in [2.24, 2.45) is 5.73 Å². The van der Waals surface area contributed by atoms with Gasteiger partial charge in [0.1, 0.15) is 11.7 Å². The average molecular weight is 409 g/mol. The first-order chi connectivity index (χ1) is 14.4. The molecule has 1 aliphatic heterocycles. The van der Waals surface area contributed by atoms with Crippen LogP contribution in [0.3, 0.4) is 0 Å². The van der Waals surface area contributed by atoms with Gasteiger partial charge >= 0.3 is 12.0 Å². The molecule has 0 atom stereocenters. The number of hydrogen-bond acceptors (Lipinski definition) is 4. The van der Waals surface area contributed by atoms with Crippen LogP contribution in [0.2, 0.25) is 0 Å². The molecule has 1 aromatic heterocycles. The SMILES string of the molecule is N=C(N)c1ccc(Cc2ccnc(NC(=O)N3CCCCC3)c2CCC(=O)O)cc1. The first-order valence-electron chi connectivity index (χ1n) is 10.1. The lowest BCUT2D eigenvalue weighted by Gasteiger charge is -2.27. The van der Waals surface area contributed by atoms with Crippen molar-refractivity contribution in [3.05, 3.63) is 58.8 Å². The topological polar surface area (TPSA) is 132 Å². The Morgan fingerprint density at radius 1 is 1.13 bits per heavy atom. The maximum absolute atomic E-state index is 12.7. The van der Waals surface area contributed by atoms with Gasteiger partial charge in [0.2, 0.25) is 0 Å². The number of aliphatic carboxylic acids is 1. The zero-order valence-electron chi connectivity index (χ0n) is 16.9. The second kappa shape index (κ2) is 9.87. The normalized spacial score (nSPS) is 13.7. The summed E-state index contributed by atoms with van der Waals surface area (Å²) in [7, 11) is 0. The smallest absolute Gasteiger partial charge is 0.323 e. The van der Waals surface area contributed by atoms with E-state index in [1.807, 2.05) is 18.2 Å². The number of carbonyl (C=O) groups excluding carboxylic acids is 1. The van der Waals surface area contributed by atoms with Gasteiger partial charge in [-0.3, -0.25) is 15.5 Å². The number of anilines is 1. The van der Waals surface area contributed by atoms with Gasteiger partial charge in [0.05, 0.1) is 0 Å². The average Bonchev–Trinajstić information content (AvgIpc) is 2.74. The lowest BCUT2D eigenvalue weighted by molar-refractivity contribution is -0.136. The van der Waals surface area contributed by atoms with E-state index in [4.69, 9.17) is 16.2 Å². The van der Waals surface area contributed by atoms with Crippen LogP contribution in [0.15, 0.2) is 36.5 Å². The maximum Gasteiger partial charge on any atom is 0.323 e. The lowest BCUT2D eigenvalue weighted by Crippen LogP contribution is -2.39. The summed E-state index contributed by atoms with van der Waals surface area (Å²) < 4.78 is 0. The molecule has 8 nitrogen and oxygen atoms in total. The highest BCUT2D eigenvalue weighted by atomic mass is 16.4. The third-order valence-electron chi connectivity index (χ3n) is 5.27. The van der Waals surface area contributed by atoms with Gasteiger partial charge in [-0.2, -0.15) is 0 Å². The number of carboxylic acids is 1. The predicted molar refractivity (Wildman–Crippen MR) is 115 cm³/mol. The molecule has 30 heavy (non-hydrogen) atoms. The molecule has 5 N–H and O–H groups in total. The van der Waals surface area contributed by atoms with Crippen molar-refractivity contribution < 1.29 is 14.7 Å². The Kier molecular flexibility index (Phi) is 7.00. The van der Waals surface area contributed by atoms with Crippen molar-refractivity contribution >= 4 is 23.7 Å². The summed E-state index contributed by atoms with van der Waals surface area (Å²) in [6.45, 7) is 1.44. The molecule has 0 spiro atoms. The first-order valence-corrected chi connectivity index (χ1v) is 10.1. The molecule has 158 valence electrons. The van der Waals surface area contributed by atoms with Crippen LogP contribution >= 0.6 is 0 Å². The number of amidine groups is 1. The standard InChI is InChI=1S/C22H27N5O3/c23-20(24)16-6-4-15(5-7-16)14-17-10-11-25-21(18(17)8-9-19(28)29)26-22(30)27-12-2-1-3-13-27/h4-7,10-11H,1-3,8-9,12-14H2,(H3,23,24)(H,28,29)(H,25,26,30). The fourth-order valence-corrected chi connectivity index (χ4v) is 3.62. The van der Waals surface area contributed by atoms with Crippen LogP contribution in [0.4, 0.5) is 10.6 Å². The van der Waals surface area contributed by atoms with E-state index in [0.29, 0.717) is 17.8 Å². The minimum absolute atomic E-state index is 0.00956. The van der Waals surface area contributed by atoms with Crippen LogP contribution in [-0.4, -0.2) is 45.9 Å². The first kappa shape index (κ1) is 21.3. The molecule has 1 aromatic carbocycles. The molecule has 0 aliphatic carbocycles. The number of carbonyl (C=O) groups is 2. The Morgan fingerprint density at radius 3 is 2.47 bits per heavy atom. The van der Waals surface area contributed by atoms with Gasteiger partial charge in [-0.1, -0.05) is 24.3 Å². The van der Waals surface area contributed by atoms with Crippen molar-refractivity contribution in [2.75, 3.05) is 18.4 Å². The molecule has 1 fully saturated rings. The number of likely N-dealkylation sites (tertiary alicyclic amines) is 1. The highest BCUT2D eigenvalue weighted by Crippen LogP contribution is 2.23. The zero-order valence-corrected chi connectivity index (χ0v) is 16.9. The van der Waals surface area contributed by atoms with Crippen LogP contribution in [-0.2, 0) is 17.6 Å². The van der Waals surface area contributed by atoms with E-state index >= 15 is 0 Å². The number of amides is 2. The van der Waals surface area contributed by atoms with Gasteiger partial charge in [0.15, 0.2) is 0 Å². The van der Waals surface area contributed by atoms with E-state index in [-0.39, 0.29) is 24.7 Å². The molecule has 1 saturated heterocycles. The number of hydrogen-bond donors (Lipinski definition) is 4. The fourth-order valence-electron chi connectivity index (χ4n) is 3.62. The van der Waals surface area contributed by atoms with Crippen LogP contribution in [0.1, 0.15) is 47.9 Å². The number of piperidine rings is 1. The van der Waals surface area contributed by atoms with E-state index in [1.54, 1.807) is 23.2 Å². The van der Waals surface area contributed by atoms with Crippen molar-refractivity contribution in [1.82, 2.24) is 9.88 Å². The molecule has 1 aliphatic rings. The molecule has 8 heteroatoms. The van der Waals surface area contributed by atoms with Crippen molar-refractivity contribution in [3.63, 3.8) is 0 Å². The van der Waals surface area contributed by atoms with Crippen LogP contribution in [0.5, 0.6) is 0 Å². The van der Waals surface area contributed by atoms with Crippen molar-refractivity contribution in [2.45, 2.75) is 38.5 Å². The molecule has 0 bridgehead atoms. The van der Waals surface area contributed by atoms with Gasteiger partial charge in [0, 0.05) is 31.3 Å². The summed E-state index contributed by atoms with van der Waals surface area (Å²) in [5.74, 6) is -0.469. The molecule has 3 rings (SSSR count). The van der Waals surface area contributed by atoms with E-state index in [9.17, 15) is 9.59 Å². The zero-order chi connectivity index (χ0) is 21.5. The van der Waals surface area contributed by atoms with Crippen molar-refractivity contribution in [3.8, 4) is 0 Å². The number of nitrogens with two attached hydrogens (primary N) is 1. The summed E-state index contributed by atoms with van der Waals surface area (Å²) in [4.78, 5) is 29.9. The number of nitrogens with zero attached hydrogens (tertiary/aromatic N) is 2. The third-order valence-corrected chi connectivity index (χ3v) is 5.27. The Hall–Kier alpha value is -3.42. The number of nitrogens with one attached hydrogen (secondary N) is 2. The van der Waals surface area contributed by atoms with E-state index in [1.165, 1.54) is 0 Å². The molecular weight excluding hydrogens is 382 g/mol. The van der Waals surface area contributed by atoms with Crippen LogP contribution in [0, 0.1) is 5.41 Å². The summed E-state index contributed by atoms with van der Waals surface area (Å²) in [6.07, 6.45) is 5.53. The number of urea groups is 1. The minimum atomic E-state index is -0.899. The summed E-state index contributed by atoms with van der Waals surface area (Å²) >= 11 is 0. The third kappa shape index (κ3) is 5.56.